The summed E-state index contributed by atoms with van der Waals surface area (Å²) in [4.78, 5) is 23.3. The smallest absolute Gasteiger partial charge is 0.387 e. The van der Waals surface area contributed by atoms with Gasteiger partial charge in [-0.3, -0.25) is 13.8 Å². The Bertz CT molecular complexity index is 1380. The van der Waals surface area contributed by atoms with E-state index in [0.717, 1.165) is 89.9 Å². The summed E-state index contributed by atoms with van der Waals surface area (Å²) >= 11 is 0. The predicted octanol–water partition coefficient (Wildman–Crippen LogP) is 16.9. The molecule has 1 amide bonds. The fourth-order valence-corrected chi connectivity index (χ4v) is 8.47. The zero-order chi connectivity index (χ0) is 49.9. The van der Waals surface area contributed by atoms with Crippen molar-refractivity contribution in [2.24, 2.45) is 0 Å². The first kappa shape index (κ1) is 65.7. The first-order valence-corrected chi connectivity index (χ1v) is 29.5. The van der Waals surface area contributed by atoms with E-state index in [1.807, 2.05) is 27.2 Å². The number of likely N-dealkylation sites (N-methyl/N-ethyl adjacent to an activating group) is 1. The summed E-state index contributed by atoms with van der Waals surface area (Å²) < 4.78 is 23.7. The van der Waals surface area contributed by atoms with Crippen molar-refractivity contribution < 1.29 is 32.9 Å². The lowest BCUT2D eigenvalue weighted by atomic mass is 10.0. The Kier molecular flexibility index (Phi) is 48.0. The highest BCUT2D eigenvalue weighted by atomic mass is 31.2. The maximum absolute atomic E-state index is 13.0. The number of nitrogens with one attached hydrogen (secondary N) is 1. The molecule has 394 valence electrons. The molecule has 0 aromatic heterocycles. The number of phosphoric ester groups is 1. The van der Waals surface area contributed by atoms with Crippen LogP contribution in [0.2, 0.25) is 0 Å². The summed E-state index contributed by atoms with van der Waals surface area (Å²) in [5.74, 6) is -0.207. The average molecular weight is 972 g/mol. The van der Waals surface area contributed by atoms with E-state index < -0.39 is 20.0 Å². The molecule has 0 aliphatic rings. The SMILES string of the molecule is CC/C=C\C/C=C\C/C=C\C/C=C\C/C=C\CCCCCCCC(=O)NC(COP(=O)(O)OCC[N+](C)(C)C)C(O)/C=C/CC/C=C/CCCCCCCCCCCCCCCCCCCCC. The minimum Gasteiger partial charge on any atom is -0.387 e. The van der Waals surface area contributed by atoms with Crippen molar-refractivity contribution in [3.8, 4) is 0 Å². The summed E-state index contributed by atoms with van der Waals surface area (Å²) in [7, 11) is 1.53. The normalized spacial score (nSPS) is 14.6. The van der Waals surface area contributed by atoms with E-state index in [4.69, 9.17) is 9.05 Å². The number of amides is 1. The van der Waals surface area contributed by atoms with Gasteiger partial charge in [0, 0.05) is 6.42 Å². The van der Waals surface area contributed by atoms with Crippen LogP contribution in [0.4, 0.5) is 0 Å². The summed E-state index contributed by atoms with van der Waals surface area (Å²) in [6.45, 7) is 4.67. The molecule has 0 bridgehead atoms. The van der Waals surface area contributed by atoms with E-state index in [2.05, 4.69) is 92.1 Å². The molecule has 0 saturated carbocycles. The van der Waals surface area contributed by atoms with Gasteiger partial charge in [-0.1, -0.05) is 234 Å². The third-order valence-corrected chi connectivity index (χ3v) is 13.1. The number of unbranched alkanes of at least 4 members (excludes halogenated alkanes) is 25. The van der Waals surface area contributed by atoms with Gasteiger partial charge in [-0.05, 0) is 77.0 Å². The second-order valence-corrected chi connectivity index (χ2v) is 21.4. The number of carbonyl (C=O) groups excluding carboxylic acids is 1. The van der Waals surface area contributed by atoms with Gasteiger partial charge in [-0.25, -0.2) is 4.57 Å². The monoisotopic (exact) mass is 972 g/mol. The van der Waals surface area contributed by atoms with Crippen molar-refractivity contribution in [1.29, 1.82) is 0 Å². The first-order chi connectivity index (χ1) is 33.0. The Morgan fingerprint density at radius 3 is 1.35 bits per heavy atom. The number of carbonyl (C=O) groups is 1. The highest BCUT2D eigenvalue weighted by Gasteiger charge is 2.27. The Balaban J connectivity index is 4.34. The number of nitrogens with zero attached hydrogens (tertiary/aromatic N) is 1. The van der Waals surface area contributed by atoms with Crippen molar-refractivity contribution in [1.82, 2.24) is 5.32 Å². The maximum Gasteiger partial charge on any atom is 0.472 e. The van der Waals surface area contributed by atoms with E-state index in [-0.39, 0.29) is 19.1 Å². The maximum atomic E-state index is 13.0. The molecule has 0 aromatic carbocycles. The van der Waals surface area contributed by atoms with Gasteiger partial charge in [0.05, 0.1) is 39.9 Å². The number of quaternary nitrogens is 1. The fraction of sp³-hybridized carbons (Fsp3) is 0.746. The topological polar surface area (TPSA) is 105 Å². The van der Waals surface area contributed by atoms with Crippen LogP contribution < -0.4 is 5.32 Å². The molecule has 3 N–H and O–H groups in total. The molecule has 3 unspecified atom stereocenters. The quantitative estimate of drug-likeness (QED) is 0.0243. The van der Waals surface area contributed by atoms with Crippen LogP contribution in [0.1, 0.15) is 232 Å². The lowest BCUT2D eigenvalue weighted by Gasteiger charge is -2.25. The van der Waals surface area contributed by atoms with Crippen molar-refractivity contribution in [2.45, 2.75) is 244 Å². The van der Waals surface area contributed by atoms with E-state index in [1.54, 1.807) is 6.08 Å². The van der Waals surface area contributed by atoms with E-state index >= 15 is 0 Å². The average Bonchev–Trinajstić information content (AvgIpc) is 3.30. The van der Waals surface area contributed by atoms with Gasteiger partial charge in [0.1, 0.15) is 13.2 Å². The van der Waals surface area contributed by atoms with Crippen LogP contribution in [0.3, 0.4) is 0 Å². The molecule has 0 aliphatic heterocycles. The number of hydrogen-bond acceptors (Lipinski definition) is 5. The molecule has 68 heavy (non-hydrogen) atoms. The van der Waals surface area contributed by atoms with Crippen molar-refractivity contribution in [2.75, 3.05) is 40.9 Å². The summed E-state index contributed by atoms with van der Waals surface area (Å²) in [5, 5.41) is 13.9. The number of aliphatic hydroxyl groups is 1. The molecule has 0 aromatic rings. The van der Waals surface area contributed by atoms with Crippen molar-refractivity contribution in [3.05, 3.63) is 85.1 Å². The van der Waals surface area contributed by atoms with E-state index in [1.165, 1.54) is 122 Å². The number of phosphoric acid groups is 1. The van der Waals surface area contributed by atoms with Crippen LogP contribution in [-0.2, 0) is 18.4 Å². The van der Waals surface area contributed by atoms with Crippen molar-refractivity contribution in [3.63, 3.8) is 0 Å². The number of rotatable bonds is 50. The highest BCUT2D eigenvalue weighted by molar-refractivity contribution is 7.47. The molecule has 0 rings (SSSR count). The van der Waals surface area contributed by atoms with Gasteiger partial charge in [0.2, 0.25) is 5.91 Å². The van der Waals surface area contributed by atoms with Gasteiger partial charge in [0.25, 0.3) is 0 Å². The van der Waals surface area contributed by atoms with Crippen LogP contribution in [0.15, 0.2) is 85.1 Å². The minimum atomic E-state index is -4.37. The molecule has 0 saturated heterocycles. The van der Waals surface area contributed by atoms with E-state index in [9.17, 15) is 19.4 Å². The van der Waals surface area contributed by atoms with Gasteiger partial charge in [-0.2, -0.15) is 0 Å². The Morgan fingerprint density at radius 2 is 0.897 bits per heavy atom. The first-order valence-electron chi connectivity index (χ1n) is 28.0. The molecule has 0 aliphatic carbocycles. The Morgan fingerprint density at radius 1 is 0.515 bits per heavy atom. The zero-order valence-corrected chi connectivity index (χ0v) is 45.7. The van der Waals surface area contributed by atoms with Crippen LogP contribution in [0, 0.1) is 0 Å². The lowest BCUT2D eigenvalue weighted by Crippen LogP contribution is -2.45. The number of allylic oxidation sites excluding steroid dienone is 13. The Hall–Kier alpha value is -2.32. The molecule has 8 nitrogen and oxygen atoms in total. The molecular weight excluding hydrogens is 864 g/mol. The third kappa shape index (κ3) is 51.5. The van der Waals surface area contributed by atoms with Gasteiger partial charge in [-0.15, -0.1) is 0 Å². The number of hydrogen-bond donors (Lipinski definition) is 3. The summed E-state index contributed by atoms with van der Waals surface area (Å²) in [6, 6.07) is -0.880. The predicted molar refractivity (Wildman–Crippen MR) is 295 cm³/mol. The fourth-order valence-electron chi connectivity index (χ4n) is 7.73. The second kappa shape index (κ2) is 49.7. The standard InChI is InChI=1S/C59H107N2O6P/c1-6-8-10-12-14-16-18-20-22-24-26-28-29-30-31-33-34-36-38-40-42-44-46-48-50-52-58(62)57(56-67-68(64,65)66-55-54-61(3,4)5)60-59(63)53-51-49-47-45-43-41-39-37-35-32-27-25-23-21-19-17-15-13-11-9-7-2/h9,11,15,17,21,23,27,32,37,39,42,44,50,52,57-58,62H,6-8,10,12-14,16,18-20,22,24-26,28-31,33-36,38,40-41,43,45-49,51,53-56H2,1-5H3,(H-,60,63,64,65)/p+1/b11-9-,17-15-,23-21-,32-27-,39-37-,44-42+,52-50+. The largest absolute Gasteiger partial charge is 0.472 e. The lowest BCUT2D eigenvalue weighted by molar-refractivity contribution is -0.870. The van der Waals surface area contributed by atoms with Crippen LogP contribution >= 0.6 is 7.82 Å². The van der Waals surface area contributed by atoms with Crippen LogP contribution in [-0.4, -0.2) is 73.4 Å². The van der Waals surface area contributed by atoms with Crippen LogP contribution in [0.5, 0.6) is 0 Å². The summed E-state index contributed by atoms with van der Waals surface area (Å²) in [6.07, 6.45) is 69.7. The van der Waals surface area contributed by atoms with Crippen LogP contribution in [0.25, 0.3) is 0 Å². The van der Waals surface area contributed by atoms with Gasteiger partial charge >= 0.3 is 7.82 Å². The van der Waals surface area contributed by atoms with Crippen molar-refractivity contribution >= 4 is 13.7 Å². The molecule has 9 heteroatoms. The third-order valence-electron chi connectivity index (χ3n) is 12.1. The minimum absolute atomic E-state index is 0.0478. The van der Waals surface area contributed by atoms with Gasteiger partial charge in [0.15, 0.2) is 0 Å². The van der Waals surface area contributed by atoms with Gasteiger partial charge < -0.3 is 19.8 Å². The molecule has 0 radical (unpaired) electrons. The highest BCUT2D eigenvalue weighted by Crippen LogP contribution is 2.43. The Labute approximate surface area is 420 Å². The molecule has 0 spiro atoms. The number of aliphatic hydroxyl groups excluding tert-OH is 1. The molecule has 0 heterocycles. The molecule has 3 atom stereocenters. The second-order valence-electron chi connectivity index (χ2n) is 19.9. The zero-order valence-electron chi connectivity index (χ0n) is 44.8. The molecular formula is C59H108N2O6P+. The summed E-state index contributed by atoms with van der Waals surface area (Å²) in [5.41, 5.74) is 0. The van der Waals surface area contributed by atoms with E-state index in [0.29, 0.717) is 17.4 Å². The molecule has 0 fully saturated rings.